The monoisotopic (exact) mass is 303 g/mol. The van der Waals surface area contributed by atoms with Crippen LogP contribution in [0.25, 0.3) is 0 Å². The number of halogens is 1. The molecule has 0 radical (unpaired) electrons. The first-order valence-electron chi connectivity index (χ1n) is 6.64. The lowest BCUT2D eigenvalue weighted by atomic mass is 10.1. The van der Waals surface area contributed by atoms with E-state index >= 15 is 0 Å². The molecule has 0 unspecified atom stereocenters. The van der Waals surface area contributed by atoms with Crippen molar-refractivity contribution < 1.29 is 4.79 Å². The Bertz CT molecular complexity index is 650. The fourth-order valence-corrected chi connectivity index (χ4v) is 2.01. The topological polar surface area (TPSA) is 54.0 Å². The third kappa shape index (κ3) is 4.46. The molecular formula is C16H18ClN3O. The van der Waals surface area contributed by atoms with Crippen LogP contribution >= 0.6 is 11.6 Å². The van der Waals surface area contributed by atoms with Gasteiger partial charge in [0.05, 0.1) is 22.0 Å². The smallest absolute Gasteiger partial charge is 0.257 e. The number of hydrogen-bond acceptors (Lipinski definition) is 3. The molecule has 2 N–H and O–H groups in total. The van der Waals surface area contributed by atoms with Gasteiger partial charge in [-0.15, -0.1) is 0 Å². The summed E-state index contributed by atoms with van der Waals surface area (Å²) in [4.78, 5) is 16.3. The summed E-state index contributed by atoms with van der Waals surface area (Å²) < 4.78 is 0. The molecule has 0 fully saturated rings. The van der Waals surface area contributed by atoms with Gasteiger partial charge in [0.15, 0.2) is 0 Å². The van der Waals surface area contributed by atoms with Crippen molar-refractivity contribution in [2.75, 3.05) is 10.6 Å². The molecule has 0 saturated heterocycles. The van der Waals surface area contributed by atoms with Gasteiger partial charge in [-0.2, -0.15) is 0 Å². The second-order valence-corrected chi connectivity index (χ2v) is 6.18. The average molecular weight is 304 g/mol. The van der Waals surface area contributed by atoms with Crippen molar-refractivity contribution in [1.29, 1.82) is 0 Å². The minimum absolute atomic E-state index is 0.0977. The van der Waals surface area contributed by atoms with E-state index in [1.807, 2.05) is 32.9 Å². The van der Waals surface area contributed by atoms with Crippen LogP contribution in [0.5, 0.6) is 0 Å². The molecule has 5 heteroatoms. The number of carbonyl (C=O) groups excluding carboxylic acids is 1. The van der Waals surface area contributed by atoms with Crippen molar-refractivity contribution in [2.24, 2.45) is 0 Å². The fourth-order valence-electron chi connectivity index (χ4n) is 1.82. The largest absolute Gasteiger partial charge is 0.379 e. The van der Waals surface area contributed by atoms with Gasteiger partial charge in [-0.1, -0.05) is 23.7 Å². The van der Waals surface area contributed by atoms with Crippen molar-refractivity contribution in [3.05, 3.63) is 53.3 Å². The highest BCUT2D eigenvalue weighted by Gasteiger charge is 2.13. The predicted octanol–water partition coefficient (Wildman–Crippen LogP) is 4.20. The number of nitrogens with one attached hydrogen (secondary N) is 2. The Labute approximate surface area is 129 Å². The molecule has 4 nitrogen and oxygen atoms in total. The van der Waals surface area contributed by atoms with E-state index in [-0.39, 0.29) is 11.4 Å². The molecule has 0 aliphatic carbocycles. The maximum absolute atomic E-state index is 12.2. The second-order valence-electron chi connectivity index (χ2n) is 5.77. The van der Waals surface area contributed by atoms with E-state index < -0.39 is 0 Å². The molecule has 0 saturated carbocycles. The quantitative estimate of drug-likeness (QED) is 0.893. The summed E-state index contributed by atoms with van der Waals surface area (Å²) in [5.41, 5.74) is 1.76. The van der Waals surface area contributed by atoms with E-state index in [4.69, 9.17) is 11.6 Å². The van der Waals surface area contributed by atoms with Crippen molar-refractivity contribution in [1.82, 2.24) is 4.98 Å². The van der Waals surface area contributed by atoms with Gasteiger partial charge in [0.25, 0.3) is 5.91 Å². The van der Waals surface area contributed by atoms with Crippen LogP contribution in [0.4, 0.5) is 11.4 Å². The molecule has 0 spiro atoms. The fraction of sp³-hybridized carbons (Fsp3) is 0.250. The molecular weight excluding hydrogens is 286 g/mol. The highest BCUT2D eigenvalue weighted by atomic mass is 35.5. The first-order valence-corrected chi connectivity index (χ1v) is 7.02. The van der Waals surface area contributed by atoms with E-state index in [9.17, 15) is 4.79 Å². The Morgan fingerprint density at radius 2 is 1.90 bits per heavy atom. The average Bonchev–Trinajstić information content (AvgIpc) is 2.39. The number of pyridine rings is 1. The Morgan fingerprint density at radius 1 is 1.19 bits per heavy atom. The van der Waals surface area contributed by atoms with Crippen molar-refractivity contribution in [3.63, 3.8) is 0 Å². The molecule has 2 aromatic rings. The van der Waals surface area contributed by atoms with Gasteiger partial charge >= 0.3 is 0 Å². The lowest BCUT2D eigenvalue weighted by Gasteiger charge is -2.22. The summed E-state index contributed by atoms with van der Waals surface area (Å²) in [6.07, 6.45) is 3.22. The molecule has 0 aliphatic heterocycles. The van der Waals surface area contributed by atoms with E-state index in [1.54, 1.807) is 24.4 Å². The van der Waals surface area contributed by atoms with Gasteiger partial charge in [-0.05, 0) is 39.0 Å². The number of rotatable bonds is 3. The highest BCUT2D eigenvalue weighted by Crippen LogP contribution is 2.22. The Hall–Kier alpha value is -2.07. The first-order chi connectivity index (χ1) is 9.85. The minimum atomic E-state index is -0.242. The summed E-state index contributed by atoms with van der Waals surface area (Å²) >= 11 is 6.03. The molecule has 2 rings (SSSR count). The molecule has 1 aromatic carbocycles. The van der Waals surface area contributed by atoms with Gasteiger partial charge in [0.2, 0.25) is 0 Å². The molecule has 21 heavy (non-hydrogen) atoms. The lowest BCUT2D eigenvalue weighted by molar-refractivity contribution is 0.102. The summed E-state index contributed by atoms with van der Waals surface area (Å²) in [5.74, 6) is -0.242. The van der Waals surface area contributed by atoms with Crippen LogP contribution in [0.1, 0.15) is 31.1 Å². The first kappa shape index (κ1) is 15.3. The van der Waals surface area contributed by atoms with Crippen molar-refractivity contribution >= 4 is 28.9 Å². The molecule has 110 valence electrons. The van der Waals surface area contributed by atoms with E-state index in [1.165, 1.54) is 6.20 Å². The van der Waals surface area contributed by atoms with Crippen molar-refractivity contribution in [3.8, 4) is 0 Å². The molecule has 0 bridgehead atoms. The Balaban J connectivity index is 2.16. The van der Waals surface area contributed by atoms with E-state index in [0.29, 0.717) is 16.3 Å². The number of hydrogen-bond donors (Lipinski definition) is 2. The van der Waals surface area contributed by atoms with Crippen LogP contribution in [0.3, 0.4) is 0 Å². The van der Waals surface area contributed by atoms with Crippen LogP contribution < -0.4 is 10.6 Å². The van der Waals surface area contributed by atoms with E-state index in [0.717, 1.165) is 5.69 Å². The summed E-state index contributed by atoms with van der Waals surface area (Å²) in [7, 11) is 0. The number of para-hydroxylation sites is 1. The molecule has 0 atom stereocenters. The molecule has 1 heterocycles. The number of benzene rings is 1. The SMILES string of the molecule is CC(C)(C)Nc1cncc(C(=O)Nc2ccccc2Cl)c1. The third-order valence-electron chi connectivity index (χ3n) is 2.64. The molecule has 1 amide bonds. The normalized spacial score (nSPS) is 11.0. The van der Waals surface area contributed by atoms with Gasteiger partial charge in [-0.25, -0.2) is 0 Å². The zero-order valence-electron chi connectivity index (χ0n) is 12.3. The zero-order chi connectivity index (χ0) is 15.5. The number of carbonyl (C=O) groups is 1. The number of aromatic nitrogens is 1. The number of nitrogens with zero attached hydrogens (tertiary/aromatic N) is 1. The van der Waals surface area contributed by atoms with Crippen molar-refractivity contribution in [2.45, 2.75) is 26.3 Å². The van der Waals surface area contributed by atoms with Crippen LogP contribution in [-0.4, -0.2) is 16.4 Å². The molecule has 0 aliphatic rings. The third-order valence-corrected chi connectivity index (χ3v) is 2.97. The maximum atomic E-state index is 12.2. The standard InChI is InChI=1S/C16H18ClN3O/c1-16(2,3)20-12-8-11(9-18-10-12)15(21)19-14-7-5-4-6-13(14)17/h4-10,20H,1-3H3,(H,19,21). The minimum Gasteiger partial charge on any atom is -0.379 e. The Morgan fingerprint density at radius 3 is 2.57 bits per heavy atom. The van der Waals surface area contributed by atoms with Gasteiger partial charge < -0.3 is 10.6 Å². The van der Waals surface area contributed by atoms with Crippen LogP contribution in [0.15, 0.2) is 42.7 Å². The summed E-state index contributed by atoms with van der Waals surface area (Å²) in [5, 5.41) is 6.56. The zero-order valence-corrected chi connectivity index (χ0v) is 13.0. The number of amides is 1. The van der Waals surface area contributed by atoms with Crippen LogP contribution in [0, 0.1) is 0 Å². The Kier molecular flexibility index (Phi) is 4.48. The lowest BCUT2D eigenvalue weighted by Crippen LogP contribution is -2.26. The second kappa shape index (κ2) is 6.14. The summed E-state index contributed by atoms with van der Waals surface area (Å²) in [6.45, 7) is 6.14. The van der Waals surface area contributed by atoms with Gasteiger partial charge in [0.1, 0.15) is 0 Å². The van der Waals surface area contributed by atoms with Crippen LogP contribution in [-0.2, 0) is 0 Å². The highest BCUT2D eigenvalue weighted by molar-refractivity contribution is 6.33. The summed E-state index contributed by atoms with van der Waals surface area (Å²) in [6, 6.07) is 8.88. The van der Waals surface area contributed by atoms with Gasteiger partial charge in [0, 0.05) is 17.9 Å². The number of anilines is 2. The maximum Gasteiger partial charge on any atom is 0.257 e. The molecule has 1 aromatic heterocycles. The van der Waals surface area contributed by atoms with E-state index in [2.05, 4.69) is 15.6 Å². The van der Waals surface area contributed by atoms with Crippen LogP contribution in [0.2, 0.25) is 5.02 Å². The predicted molar refractivity (Wildman–Crippen MR) is 87.0 cm³/mol. The van der Waals surface area contributed by atoms with Gasteiger partial charge in [-0.3, -0.25) is 9.78 Å².